The molecule has 0 amide bonds. The third kappa shape index (κ3) is 2.16. The Morgan fingerprint density at radius 3 is 2.93 bits per heavy atom. The molecule has 1 aromatic rings. The predicted molar refractivity (Wildman–Crippen MR) is 68.0 cm³/mol. The second kappa shape index (κ2) is 4.41. The first kappa shape index (κ1) is 10.1. The number of rotatable bonds is 2. The van der Waals surface area contributed by atoms with Crippen LogP contribution in [0.3, 0.4) is 0 Å². The second-order valence-electron chi connectivity index (χ2n) is 3.29. The number of hydrogen-bond acceptors (Lipinski definition) is 2. The van der Waals surface area contributed by atoms with Crippen molar-refractivity contribution in [2.24, 2.45) is 0 Å². The fraction of sp³-hybridized carbons (Fsp3) is 0.0769. The van der Waals surface area contributed by atoms with Crippen LogP contribution in [-0.4, -0.2) is 0 Å². The first-order valence-electron chi connectivity index (χ1n) is 4.85. The van der Waals surface area contributed by atoms with Gasteiger partial charge in [-0.1, -0.05) is 42.6 Å². The molecule has 0 saturated heterocycles. The third-order valence-electron chi connectivity index (χ3n) is 2.20. The smallest absolute Gasteiger partial charge is 0.0526 e. The molecule has 0 atom stereocenters. The van der Waals surface area contributed by atoms with Crippen molar-refractivity contribution in [2.45, 2.75) is 11.8 Å². The van der Waals surface area contributed by atoms with Gasteiger partial charge in [0.1, 0.15) is 0 Å². The summed E-state index contributed by atoms with van der Waals surface area (Å²) >= 11 is 1.80. The van der Waals surface area contributed by atoms with Crippen LogP contribution in [0.1, 0.15) is 6.92 Å². The van der Waals surface area contributed by atoms with Gasteiger partial charge in [-0.3, -0.25) is 0 Å². The number of thioether (sulfide) groups is 1. The van der Waals surface area contributed by atoms with E-state index in [9.17, 15) is 0 Å². The van der Waals surface area contributed by atoms with E-state index in [0.717, 1.165) is 5.70 Å². The summed E-state index contributed by atoms with van der Waals surface area (Å²) in [6.45, 7) is 5.79. The van der Waals surface area contributed by atoms with Crippen LogP contribution in [0.4, 0.5) is 5.69 Å². The summed E-state index contributed by atoms with van der Waals surface area (Å²) in [5.74, 6) is 0. The maximum atomic E-state index is 3.67. The molecular weight excluding hydrogens is 202 g/mol. The van der Waals surface area contributed by atoms with E-state index in [-0.39, 0.29) is 0 Å². The van der Waals surface area contributed by atoms with E-state index < -0.39 is 0 Å². The van der Waals surface area contributed by atoms with Crippen LogP contribution >= 0.6 is 11.8 Å². The molecule has 1 N–H and O–H groups in total. The SMILES string of the molecule is C=C/C=C\C1=C(C)Sc2ccccc2N1. The van der Waals surface area contributed by atoms with Crippen LogP contribution in [0.25, 0.3) is 0 Å². The van der Waals surface area contributed by atoms with Gasteiger partial charge in [-0.25, -0.2) is 0 Å². The van der Waals surface area contributed by atoms with E-state index in [1.807, 2.05) is 18.2 Å². The molecule has 0 aliphatic carbocycles. The summed E-state index contributed by atoms with van der Waals surface area (Å²) in [5.41, 5.74) is 2.33. The van der Waals surface area contributed by atoms with Crippen LogP contribution in [0, 0.1) is 0 Å². The summed E-state index contributed by atoms with van der Waals surface area (Å²) in [6, 6.07) is 8.33. The van der Waals surface area contributed by atoms with Crippen molar-refractivity contribution < 1.29 is 0 Å². The average molecular weight is 215 g/mol. The Hall–Kier alpha value is -1.41. The number of para-hydroxylation sites is 1. The molecular formula is C13H13NS. The lowest BCUT2D eigenvalue weighted by Gasteiger charge is -2.20. The first-order valence-corrected chi connectivity index (χ1v) is 5.67. The summed E-state index contributed by atoms with van der Waals surface area (Å²) in [6.07, 6.45) is 5.78. The highest BCUT2D eigenvalue weighted by Crippen LogP contribution is 2.39. The minimum atomic E-state index is 1.15. The molecule has 2 heteroatoms. The van der Waals surface area contributed by atoms with Gasteiger partial charge in [0.2, 0.25) is 0 Å². The van der Waals surface area contributed by atoms with E-state index in [1.54, 1.807) is 17.8 Å². The molecule has 1 aliphatic rings. The van der Waals surface area contributed by atoms with Gasteiger partial charge >= 0.3 is 0 Å². The van der Waals surface area contributed by atoms with Gasteiger partial charge in [-0.15, -0.1) is 0 Å². The molecule has 1 heterocycles. The standard InChI is InChI=1S/C13H13NS/c1-3-4-7-11-10(2)15-13-9-6-5-8-12(13)14-11/h3-9,14H,1H2,2H3/b7-4-. The zero-order valence-corrected chi connectivity index (χ0v) is 9.47. The largest absolute Gasteiger partial charge is 0.354 e. The molecule has 2 rings (SSSR count). The van der Waals surface area contributed by atoms with Gasteiger partial charge in [0.15, 0.2) is 0 Å². The van der Waals surface area contributed by atoms with E-state index in [2.05, 4.69) is 37.0 Å². The van der Waals surface area contributed by atoms with Crippen molar-refractivity contribution >= 4 is 17.4 Å². The Labute approximate surface area is 94.6 Å². The highest BCUT2D eigenvalue weighted by atomic mass is 32.2. The summed E-state index contributed by atoms with van der Waals surface area (Å²) in [7, 11) is 0. The zero-order valence-electron chi connectivity index (χ0n) is 8.66. The molecule has 0 bridgehead atoms. The van der Waals surface area contributed by atoms with Crippen molar-refractivity contribution in [3.8, 4) is 0 Å². The van der Waals surface area contributed by atoms with Crippen LogP contribution < -0.4 is 5.32 Å². The zero-order chi connectivity index (χ0) is 10.7. The van der Waals surface area contributed by atoms with Crippen LogP contribution in [0.2, 0.25) is 0 Å². The van der Waals surface area contributed by atoms with Crippen molar-refractivity contribution in [3.63, 3.8) is 0 Å². The molecule has 0 aromatic heterocycles. The maximum Gasteiger partial charge on any atom is 0.0526 e. The highest BCUT2D eigenvalue weighted by Gasteiger charge is 2.12. The van der Waals surface area contributed by atoms with Crippen molar-refractivity contribution in [1.82, 2.24) is 0 Å². The number of anilines is 1. The fourth-order valence-corrected chi connectivity index (χ4v) is 2.37. The molecule has 0 unspecified atom stereocenters. The van der Waals surface area contributed by atoms with Gasteiger partial charge < -0.3 is 5.32 Å². The minimum Gasteiger partial charge on any atom is -0.354 e. The van der Waals surface area contributed by atoms with Crippen LogP contribution in [0.15, 0.2) is 64.6 Å². The summed E-state index contributed by atoms with van der Waals surface area (Å²) in [4.78, 5) is 2.57. The Morgan fingerprint density at radius 1 is 1.33 bits per heavy atom. The van der Waals surface area contributed by atoms with Gasteiger partial charge in [0.25, 0.3) is 0 Å². The van der Waals surface area contributed by atoms with Crippen LogP contribution in [0.5, 0.6) is 0 Å². The molecule has 0 radical (unpaired) electrons. The second-order valence-corrected chi connectivity index (χ2v) is 4.54. The topological polar surface area (TPSA) is 12.0 Å². The number of fused-ring (bicyclic) bond motifs is 1. The van der Waals surface area contributed by atoms with Crippen molar-refractivity contribution in [3.05, 3.63) is 59.7 Å². The number of nitrogens with one attached hydrogen (secondary N) is 1. The lowest BCUT2D eigenvalue weighted by atomic mass is 10.2. The van der Waals surface area contributed by atoms with E-state index in [1.165, 1.54) is 15.5 Å². The van der Waals surface area contributed by atoms with E-state index in [4.69, 9.17) is 0 Å². The van der Waals surface area contributed by atoms with Crippen molar-refractivity contribution in [1.29, 1.82) is 0 Å². The van der Waals surface area contributed by atoms with Gasteiger partial charge in [-0.05, 0) is 25.1 Å². The Bertz CT molecular complexity index is 444. The molecule has 15 heavy (non-hydrogen) atoms. The minimum absolute atomic E-state index is 1.15. The molecule has 0 fully saturated rings. The fourth-order valence-electron chi connectivity index (χ4n) is 1.44. The third-order valence-corrected chi connectivity index (χ3v) is 3.30. The van der Waals surface area contributed by atoms with E-state index >= 15 is 0 Å². The number of hydrogen-bond donors (Lipinski definition) is 1. The number of allylic oxidation sites excluding steroid dienone is 4. The Balaban J connectivity index is 2.31. The number of benzene rings is 1. The first-order chi connectivity index (χ1) is 7.31. The molecule has 76 valence electrons. The van der Waals surface area contributed by atoms with Gasteiger partial charge in [0.05, 0.1) is 5.69 Å². The average Bonchev–Trinajstić information content (AvgIpc) is 2.26. The normalized spacial score (nSPS) is 15.0. The molecule has 1 aliphatic heterocycles. The molecule has 1 aromatic carbocycles. The van der Waals surface area contributed by atoms with Crippen LogP contribution in [-0.2, 0) is 0 Å². The lowest BCUT2D eigenvalue weighted by molar-refractivity contribution is 1.32. The monoisotopic (exact) mass is 215 g/mol. The quantitative estimate of drug-likeness (QED) is 0.743. The van der Waals surface area contributed by atoms with E-state index in [0.29, 0.717) is 0 Å². The molecule has 0 spiro atoms. The molecule has 0 saturated carbocycles. The maximum absolute atomic E-state index is 3.67. The summed E-state index contributed by atoms with van der Waals surface area (Å²) in [5, 5.41) is 3.41. The predicted octanol–water partition coefficient (Wildman–Crippen LogP) is 4.18. The lowest BCUT2D eigenvalue weighted by Crippen LogP contribution is -2.04. The van der Waals surface area contributed by atoms with Crippen molar-refractivity contribution in [2.75, 3.05) is 5.32 Å². The van der Waals surface area contributed by atoms with Gasteiger partial charge in [-0.2, -0.15) is 0 Å². The summed E-state index contributed by atoms with van der Waals surface area (Å²) < 4.78 is 0. The van der Waals surface area contributed by atoms with Gasteiger partial charge in [0, 0.05) is 15.5 Å². The Morgan fingerprint density at radius 2 is 2.13 bits per heavy atom. The molecule has 1 nitrogen and oxygen atoms in total. The Kier molecular flexibility index (Phi) is 2.97. The highest BCUT2D eigenvalue weighted by molar-refractivity contribution is 8.03.